The van der Waals surface area contributed by atoms with Crippen molar-refractivity contribution < 1.29 is 0 Å². The van der Waals surface area contributed by atoms with Crippen LogP contribution < -0.4 is 0 Å². The minimum absolute atomic E-state index is 0.424. The van der Waals surface area contributed by atoms with Gasteiger partial charge in [0.2, 0.25) is 0 Å². The molecule has 0 aliphatic rings. The average Bonchev–Trinajstić information content (AvgIpc) is 3.63. The number of nitriles is 2. The first kappa shape index (κ1) is 26.5. The minimum Gasteiger partial charge on any atom is -0.310 e. The van der Waals surface area contributed by atoms with Crippen molar-refractivity contribution in [3.8, 4) is 34.6 Å². The van der Waals surface area contributed by atoms with Gasteiger partial charge in [0.25, 0.3) is 0 Å². The van der Waals surface area contributed by atoms with Crippen molar-refractivity contribution in [3.63, 3.8) is 0 Å². The summed E-state index contributed by atoms with van der Waals surface area (Å²) in [6.07, 6.45) is 0. The molecule has 46 heavy (non-hydrogen) atoms. The molecule has 210 valence electrons. The zero-order chi connectivity index (χ0) is 31.4. The largest absolute Gasteiger partial charge is 0.310 e. The van der Waals surface area contributed by atoms with Crippen molar-refractivity contribution in [1.29, 1.82) is 10.5 Å². The lowest BCUT2D eigenvalue weighted by atomic mass is 9.97. The second-order valence-electron chi connectivity index (χ2n) is 11.0. The minimum atomic E-state index is 0.424. The molecular formula is C40H20N6. The highest BCUT2D eigenvalue weighted by molar-refractivity contribution is 6.11. The van der Waals surface area contributed by atoms with Crippen LogP contribution in [0.4, 0.5) is 11.4 Å². The number of aromatic nitrogens is 2. The number of hydrogen-bond acceptors (Lipinski definition) is 2. The molecule has 0 saturated heterocycles. The van der Waals surface area contributed by atoms with Crippen LogP contribution in [0.3, 0.4) is 0 Å². The van der Waals surface area contributed by atoms with E-state index in [2.05, 4.69) is 43.1 Å². The number of hydrogen-bond donors (Lipinski definition) is 0. The number of benzene rings is 6. The Bertz CT molecular complexity index is 2560. The van der Waals surface area contributed by atoms with Crippen molar-refractivity contribution in [3.05, 3.63) is 155 Å². The van der Waals surface area contributed by atoms with Crippen LogP contribution in [-0.2, 0) is 0 Å². The van der Waals surface area contributed by atoms with E-state index in [0.717, 1.165) is 55.0 Å². The molecule has 8 rings (SSSR count). The van der Waals surface area contributed by atoms with E-state index in [1.807, 2.05) is 97.1 Å². The topological polar surface area (TPSA) is 66.2 Å². The molecule has 0 spiro atoms. The van der Waals surface area contributed by atoms with E-state index in [9.17, 15) is 10.5 Å². The van der Waals surface area contributed by atoms with Crippen molar-refractivity contribution in [2.24, 2.45) is 0 Å². The molecule has 6 nitrogen and oxygen atoms in total. The average molecular weight is 585 g/mol. The molecule has 0 radical (unpaired) electrons. The third-order valence-corrected chi connectivity index (χ3v) is 8.62. The molecular weight excluding hydrogens is 564 g/mol. The predicted molar refractivity (Wildman–Crippen MR) is 183 cm³/mol. The van der Waals surface area contributed by atoms with Crippen LogP contribution in [0.25, 0.3) is 75.8 Å². The number of nitrogens with zero attached hydrogens (tertiary/aromatic N) is 6. The first-order chi connectivity index (χ1) is 22.6. The van der Waals surface area contributed by atoms with E-state index in [1.165, 1.54) is 0 Å². The van der Waals surface area contributed by atoms with E-state index in [-0.39, 0.29) is 0 Å². The van der Waals surface area contributed by atoms with E-state index in [0.29, 0.717) is 33.6 Å². The van der Waals surface area contributed by atoms with Gasteiger partial charge in [0.15, 0.2) is 11.4 Å². The Balaban J connectivity index is 1.41. The molecule has 0 atom stereocenters. The van der Waals surface area contributed by atoms with Gasteiger partial charge in [0, 0.05) is 38.4 Å². The summed E-state index contributed by atoms with van der Waals surface area (Å²) in [6, 6.07) is 43.5. The summed E-state index contributed by atoms with van der Waals surface area (Å²) in [6.45, 7) is 15.7. The highest BCUT2D eigenvalue weighted by Crippen LogP contribution is 2.40. The molecule has 2 heterocycles. The summed E-state index contributed by atoms with van der Waals surface area (Å²) >= 11 is 0. The Kier molecular flexibility index (Phi) is 5.91. The molecule has 8 aromatic rings. The van der Waals surface area contributed by atoms with Gasteiger partial charge < -0.3 is 9.13 Å². The van der Waals surface area contributed by atoms with E-state index in [4.69, 9.17) is 13.1 Å². The summed E-state index contributed by atoms with van der Waals surface area (Å²) in [7, 11) is 0. The first-order valence-corrected chi connectivity index (χ1v) is 14.5. The lowest BCUT2D eigenvalue weighted by molar-refractivity contribution is 1.17. The Labute approximate surface area is 264 Å². The van der Waals surface area contributed by atoms with Gasteiger partial charge in [-0.25, -0.2) is 9.69 Å². The van der Waals surface area contributed by atoms with E-state index >= 15 is 0 Å². The molecule has 0 aliphatic heterocycles. The Hall–Kier alpha value is -7.12. The zero-order valence-corrected chi connectivity index (χ0v) is 24.2. The highest BCUT2D eigenvalue weighted by atomic mass is 15.0. The smallest absolute Gasteiger partial charge is 0.195 e. The zero-order valence-electron chi connectivity index (χ0n) is 24.2. The van der Waals surface area contributed by atoms with Crippen LogP contribution in [0, 0.1) is 35.8 Å². The Morgan fingerprint density at radius 2 is 1.09 bits per heavy atom. The van der Waals surface area contributed by atoms with Gasteiger partial charge in [-0.1, -0.05) is 60.7 Å². The molecule has 0 saturated carbocycles. The van der Waals surface area contributed by atoms with Gasteiger partial charge in [0.1, 0.15) is 0 Å². The maximum Gasteiger partial charge on any atom is 0.195 e. The molecule has 0 amide bonds. The fourth-order valence-electron chi connectivity index (χ4n) is 6.59. The van der Waals surface area contributed by atoms with Gasteiger partial charge in [-0.05, 0) is 71.8 Å². The Morgan fingerprint density at radius 1 is 0.500 bits per heavy atom. The number of para-hydroxylation sites is 2. The summed E-state index contributed by atoms with van der Waals surface area (Å²) in [5, 5.41) is 24.1. The van der Waals surface area contributed by atoms with Gasteiger partial charge in [-0.2, -0.15) is 10.5 Å². The first-order valence-electron chi connectivity index (χ1n) is 14.5. The third-order valence-electron chi connectivity index (χ3n) is 8.62. The van der Waals surface area contributed by atoms with Gasteiger partial charge >= 0.3 is 0 Å². The summed E-state index contributed by atoms with van der Waals surface area (Å²) in [4.78, 5) is 7.53. The lowest BCUT2D eigenvalue weighted by Crippen LogP contribution is -1.98. The van der Waals surface area contributed by atoms with Crippen molar-refractivity contribution in [1.82, 2.24) is 9.13 Å². The molecule has 0 N–H and O–H groups in total. The van der Waals surface area contributed by atoms with E-state index in [1.54, 1.807) is 12.1 Å². The van der Waals surface area contributed by atoms with E-state index < -0.39 is 0 Å². The maximum atomic E-state index is 10.3. The van der Waals surface area contributed by atoms with Crippen LogP contribution >= 0.6 is 0 Å². The fourth-order valence-corrected chi connectivity index (χ4v) is 6.59. The summed E-state index contributed by atoms with van der Waals surface area (Å²) < 4.78 is 4.22. The molecule has 0 aliphatic carbocycles. The maximum absolute atomic E-state index is 10.3. The normalized spacial score (nSPS) is 11.0. The van der Waals surface area contributed by atoms with Crippen LogP contribution in [0.2, 0.25) is 0 Å². The number of fused-ring (bicyclic) bond motifs is 6. The van der Waals surface area contributed by atoms with Crippen LogP contribution in [0.15, 0.2) is 121 Å². The molecule has 0 fully saturated rings. The summed E-state index contributed by atoms with van der Waals surface area (Å²) in [5.74, 6) is 0. The fraction of sp³-hybridized carbons (Fsp3) is 0. The van der Waals surface area contributed by atoms with Crippen molar-refractivity contribution in [2.45, 2.75) is 0 Å². The van der Waals surface area contributed by atoms with Crippen molar-refractivity contribution >= 4 is 55.0 Å². The Morgan fingerprint density at radius 3 is 1.72 bits per heavy atom. The highest BCUT2D eigenvalue weighted by Gasteiger charge is 2.19. The molecule has 6 heteroatoms. The summed E-state index contributed by atoms with van der Waals surface area (Å²) in [5.41, 5.74) is 8.61. The predicted octanol–water partition coefficient (Wildman–Crippen LogP) is 10.4. The molecule has 0 unspecified atom stereocenters. The second-order valence-corrected chi connectivity index (χ2v) is 11.0. The van der Waals surface area contributed by atoms with Gasteiger partial charge in [-0.3, -0.25) is 0 Å². The van der Waals surface area contributed by atoms with Crippen molar-refractivity contribution in [2.75, 3.05) is 0 Å². The monoisotopic (exact) mass is 584 g/mol. The molecule has 2 aromatic heterocycles. The third kappa shape index (κ3) is 3.86. The lowest BCUT2D eigenvalue weighted by Gasteiger charge is -2.15. The quantitative estimate of drug-likeness (QED) is 0.194. The molecule has 0 bridgehead atoms. The second kappa shape index (κ2) is 10.3. The van der Waals surface area contributed by atoms with Crippen LogP contribution in [-0.4, -0.2) is 9.13 Å². The standard InChI is InChI=1S/C40H20N6/c1-43-27-13-17-33-31-8-4-6-10-38(31)46(40(33)20-27)28-14-12-26(24-42)34(21-28)35-22-29(15-18-36(35)44-2)45-37-9-5-3-7-30(37)32-16-11-25(23-41)19-39(32)45/h3-22H. The van der Waals surface area contributed by atoms with Gasteiger partial charge in [0.05, 0.1) is 53.0 Å². The van der Waals surface area contributed by atoms with Crippen LogP contribution in [0.5, 0.6) is 0 Å². The van der Waals surface area contributed by atoms with Crippen LogP contribution in [0.1, 0.15) is 11.1 Å². The SMILES string of the molecule is [C-]#[N+]c1ccc2c3ccccc3n(-c3ccc(C#N)c(-c4cc(-n5c6ccccc6c6ccc(C#N)cc65)ccc4[N+]#[C-])c3)c2c1. The van der Waals surface area contributed by atoms with Gasteiger partial charge in [-0.15, -0.1) is 0 Å². The number of rotatable bonds is 3. The molecule has 6 aromatic carbocycles.